The molecular weight excluding hydrogens is 315 g/mol. The van der Waals surface area contributed by atoms with Crippen molar-refractivity contribution in [2.75, 3.05) is 6.54 Å². The number of carbonyl (C=O) groups excluding carboxylic acids is 2. The summed E-state index contributed by atoms with van der Waals surface area (Å²) in [4.78, 5) is 28.5. The van der Waals surface area contributed by atoms with Gasteiger partial charge in [0.1, 0.15) is 0 Å². The topological polar surface area (TPSA) is 60.9 Å². The van der Waals surface area contributed by atoms with Crippen LogP contribution in [-0.4, -0.2) is 40.1 Å². The molecule has 0 spiro atoms. The number of amides is 2. The average molecular weight is 334 g/mol. The molecule has 2 aliphatic heterocycles. The molecule has 0 atom stereocenters. The lowest BCUT2D eigenvalue weighted by Gasteiger charge is -2.31. The summed E-state index contributed by atoms with van der Waals surface area (Å²) >= 11 is 0. The average Bonchev–Trinajstić information content (AvgIpc) is 2.87. The highest BCUT2D eigenvalue weighted by atomic mass is 16.2. The van der Waals surface area contributed by atoms with Gasteiger partial charge in [0.2, 0.25) is 0 Å². The first-order valence-electron chi connectivity index (χ1n) is 8.53. The van der Waals surface area contributed by atoms with Gasteiger partial charge >= 0.3 is 7.05 Å². The van der Waals surface area contributed by atoms with Crippen LogP contribution in [0.25, 0.3) is 0 Å². The Morgan fingerprint density at radius 1 is 1.04 bits per heavy atom. The second kappa shape index (κ2) is 6.13. The third-order valence-corrected chi connectivity index (χ3v) is 5.13. The summed E-state index contributed by atoms with van der Waals surface area (Å²) < 4.78 is 0. The molecule has 4 rings (SSSR count). The first-order chi connectivity index (χ1) is 12.1. The lowest BCUT2D eigenvalue weighted by Crippen LogP contribution is -2.41. The van der Waals surface area contributed by atoms with Crippen LogP contribution < -0.4 is 0 Å². The Morgan fingerprint density at radius 2 is 1.72 bits per heavy atom. The fourth-order valence-electron chi connectivity index (χ4n) is 3.69. The van der Waals surface area contributed by atoms with Crippen LogP contribution in [-0.2, 0) is 19.5 Å². The van der Waals surface area contributed by atoms with E-state index in [1.807, 2.05) is 16.9 Å². The van der Waals surface area contributed by atoms with E-state index >= 15 is 0 Å². The molecular formula is C19H19BN2O3. The molecule has 0 aliphatic carbocycles. The van der Waals surface area contributed by atoms with Gasteiger partial charge in [0.05, 0.1) is 17.7 Å². The van der Waals surface area contributed by atoms with Crippen molar-refractivity contribution in [2.45, 2.75) is 26.3 Å². The summed E-state index contributed by atoms with van der Waals surface area (Å²) in [5.41, 5.74) is 4.26. The van der Waals surface area contributed by atoms with Crippen LogP contribution in [0.15, 0.2) is 42.5 Å². The van der Waals surface area contributed by atoms with E-state index < -0.39 is 7.05 Å². The van der Waals surface area contributed by atoms with Gasteiger partial charge in [0, 0.05) is 6.54 Å². The molecule has 0 bridgehead atoms. The van der Waals surface area contributed by atoms with E-state index in [2.05, 4.69) is 6.07 Å². The minimum Gasteiger partial charge on any atom is -0.437 e. The predicted octanol–water partition coefficient (Wildman–Crippen LogP) is 1.95. The molecule has 0 unspecified atom stereocenters. The molecule has 2 aromatic carbocycles. The number of hydrogen-bond donors (Lipinski definition) is 1. The van der Waals surface area contributed by atoms with E-state index in [1.54, 1.807) is 31.1 Å². The fourth-order valence-corrected chi connectivity index (χ4v) is 3.69. The van der Waals surface area contributed by atoms with E-state index in [-0.39, 0.29) is 18.4 Å². The second-order valence-corrected chi connectivity index (χ2v) is 6.65. The van der Waals surface area contributed by atoms with Gasteiger partial charge in [-0.3, -0.25) is 14.5 Å². The van der Waals surface area contributed by atoms with Gasteiger partial charge in [-0.15, -0.1) is 0 Å². The Morgan fingerprint density at radius 3 is 2.36 bits per heavy atom. The Labute approximate surface area is 147 Å². The summed E-state index contributed by atoms with van der Waals surface area (Å²) in [6.45, 7) is 3.47. The van der Waals surface area contributed by atoms with Crippen LogP contribution >= 0.6 is 0 Å². The first kappa shape index (κ1) is 16.1. The Bertz CT molecular complexity index is 830. The number of hydrogen-bond acceptors (Lipinski definition) is 4. The van der Waals surface area contributed by atoms with Gasteiger partial charge in [0.15, 0.2) is 0 Å². The van der Waals surface area contributed by atoms with Crippen molar-refractivity contribution in [1.82, 2.24) is 9.71 Å². The zero-order valence-electron chi connectivity index (χ0n) is 14.1. The minimum atomic E-state index is -0.513. The van der Waals surface area contributed by atoms with Gasteiger partial charge in [-0.05, 0) is 48.6 Å². The smallest absolute Gasteiger partial charge is 0.376 e. The van der Waals surface area contributed by atoms with E-state index in [4.69, 9.17) is 0 Å². The van der Waals surface area contributed by atoms with E-state index in [0.29, 0.717) is 17.7 Å². The maximum atomic E-state index is 12.6. The van der Waals surface area contributed by atoms with Crippen molar-refractivity contribution in [3.8, 4) is 0 Å². The molecule has 0 aromatic heterocycles. The molecule has 0 radical (unpaired) electrons. The third kappa shape index (κ3) is 2.67. The molecule has 0 saturated carbocycles. The summed E-state index contributed by atoms with van der Waals surface area (Å²) in [5, 5.41) is 9.89. The Hall–Kier alpha value is -2.44. The van der Waals surface area contributed by atoms with Crippen LogP contribution in [0.5, 0.6) is 0 Å². The van der Waals surface area contributed by atoms with Gasteiger partial charge in [-0.1, -0.05) is 30.3 Å². The number of imide groups is 1. The molecule has 2 heterocycles. The standard InChI is InChI=1S/C19H19BN2O3/c1-20(25)21-10-9-13-5-4-6-14(17(13)12-21)11-22-18(23)15-7-2-3-8-16(15)19(22)24/h2-8,25H,9-12H2,1H3. The SMILES string of the molecule is CB(O)N1CCc2cccc(CN3C(=O)c4ccccc4C3=O)c2C1. The van der Waals surface area contributed by atoms with Crippen molar-refractivity contribution in [3.63, 3.8) is 0 Å². The van der Waals surface area contributed by atoms with Gasteiger partial charge in [-0.25, -0.2) is 0 Å². The van der Waals surface area contributed by atoms with Gasteiger partial charge in [0.25, 0.3) is 11.8 Å². The van der Waals surface area contributed by atoms with Crippen molar-refractivity contribution in [3.05, 3.63) is 70.3 Å². The molecule has 1 N–H and O–H groups in total. The van der Waals surface area contributed by atoms with Crippen LogP contribution in [0.4, 0.5) is 0 Å². The molecule has 126 valence electrons. The van der Waals surface area contributed by atoms with E-state index in [9.17, 15) is 14.6 Å². The third-order valence-electron chi connectivity index (χ3n) is 5.13. The Kier molecular flexibility index (Phi) is 3.94. The molecule has 6 heteroatoms. The highest BCUT2D eigenvalue weighted by Crippen LogP contribution is 2.28. The zero-order valence-corrected chi connectivity index (χ0v) is 14.1. The Balaban J connectivity index is 1.65. The quantitative estimate of drug-likeness (QED) is 0.689. The second-order valence-electron chi connectivity index (χ2n) is 6.65. The number of nitrogens with zero attached hydrogens (tertiary/aromatic N) is 2. The van der Waals surface area contributed by atoms with Crippen molar-refractivity contribution in [2.24, 2.45) is 0 Å². The minimum absolute atomic E-state index is 0.235. The molecule has 2 aromatic rings. The molecule has 25 heavy (non-hydrogen) atoms. The number of rotatable bonds is 3. The summed E-state index contributed by atoms with van der Waals surface area (Å²) in [6, 6.07) is 13.0. The van der Waals surface area contributed by atoms with Crippen LogP contribution in [0, 0.1) is 0 Å². The maximum absolute atomic E-state index is 12.6. The van der Waals surface area contributed by atoms with Crippen LogP contribution in [0.1, 0.15) is 37.4 Å². The predicted molar refractivity (Wildman–Crippen MR) is 95.0 cm³/mol. The molecule has 2 aliphatic rings. The molecule has 0 saturated heterocycles. The lowest BCUT2D eigenvalue weighted by molar-refractivity contribution is 0.0641. The first-order valence-corrected chi connectivity index (χ1v) is 8.53. The van der Waals surface area contributed by atoms with Crippen molar-refractivity contribution >= 4 is 18.9 Å². The zero-order chi connectivity index (χ0) is 17.6. The number of carbonyl (C=O) groups is 2. The van der Waals surface area contributed by atoms with E-state index in [0.717, 1.165) is 24.1 Å². The van der Waals surface area contributed by atoms with Gasteiger partial charge < -0.3 is 9.83 Å². The van der Waals surface area contributed by atoms with Crippen LogP contribution in [0.3, 0.4) is 0 Å². The number of benzene rings is 2. The largest absolute Gasteiger partial charge is 0.437 e. The number of fused-ring (bicyclic) bond motifs is 2. The monoisotopic (exact) mass is 334 g/mol. The highest BCUT2D eigenvalue weighted by Gasteiger charge is 2.35. The maximum Gasteiger partial charge on any atom is 0.376 e. The normalized spacial score (nSPS) is 16.8. The van der Waals surface area contributed by atoms with E-state index in [1.165, 1.54) is 10.5 Å². The van der Waals surface area contributed by atoms with Crippen LogP contribution in [0.2, 0.25) is 6.82 Å². The molecule has 2 amide bonds. The summed E-state index contributed by atoms with van der Waals surface area (Å²) in [5.74, 6) is -0.470. The molecule has 0 fully saturated rings. The fraction of sp³-hybridized carbons (Fsp3) is 0.263. The van der Waals surface area contributed by atoms with Gasteiger partial charge in [-0.2, -0.15) is 0 Å². The molecule has 5 nitrogen and oxygen atoms in total. The van der Waals surface area contributed by atoms with Crippen molar-refractivity contribution < 1.29 is 14.6 Å². The lowest BCUT2D eigenvalue weighted by atomic mass is 9.81. The summed E-state index contributed by atoms with van der Waals surface area (Å²) in [6.07, 6.45) is 0.857. The summed E-state index contributed by atoms with van der Waals surface area (Å²) in [7, 11) is -0.513. The van der Waals surface area contributed by atoms with Crippen molar-refractivity contribution in [1.29, 1.82) is 0 Å². The highest BCUT2D eigenvalue weighted by molar-refractivity contribution is 6.45.